The average Bonchev–Trinajstić information content (AvgIpc) is 3.31. The van der Waals surface area contributed by atoms with Crippen LogP contribution < -0.4 is 21.3 Å². The summed E-state index contributed by atoms with van der Waals surface area (Å²) in [6.45, 7) is 0.693. The number of hydrogen-bond acceptors (Lipinski definition) is 8. The third kappa shape index (κ3) is 4.88. The highest BCUT2D eigenvalue weighted by Crippen LogP contribution is 2.35. The number of carbonyl (C=O) groups excluding carboxylic acids is 2. The highest BCUT2D eigenvalue weighted by Gasteiger charge is 2.34. The van der Waals surface area contributed by atoms with Gasteiger partial charge in [0.2, 0.25) is 11.8 Å². The number of nitrogens with one attached hydrogen (secondary N) is 2. The van der Waals surface area contributed by atoms with Crippen LogP contribution in [-0.4, -0.2) is 74.8 Å². The summed E-state index contributed by atoms with van der Waals surface area (Å²) in [5.41, 5.74) is 7.73. The zero-order chi connectivity index (χ0) is 26.8. The highest BCUT2D eigenvalue weighted by molar-refractivity contribution is 6.33. The minimum atomic E-state index is -1.20. The maximum Gasteiger partial charge on any atom is 0.244 e. The molecule has 3 heterocycles. The Balaban J connectivity index is 1.66. The number of fused-ring (bicyclic) bond motifs is 1. The summed E-state index contributed by atoms with van der Waals surface area (Å²) in [6.07, 6.45) is 1.42. The minimum absolute atomic E-state index is 0.281. The Bertz CT molecular complexity index is 1490. The second-order valence-corrected chi connectivity index (χ2v) is 9.50. The van der Waals surface area contributed by atoms with E-state index in [0.29, 0.717) is 51.5 Å². The molecule has 5 N–H and O–H groups in total. The van der Waals surface area contributed by atoms with Gasteiger partial charge in [0.05, 0.1) is 11.6 Å². The van der Waals surface area contributed by atoms with Crippen LogP contribution in [0.3, 0.4) is 0 Å². The Morgan fingerprint density at radius 1 is 1.16 bits per heavy atom. The Kier molecular flexibility index (Phi) is 7.43. The van der Waals surface area contributed by atoms with Crippen molar-refractivity contribution in [1.82, 2.24) is 30.2 Å². The first kappa shape index (κ1) is 25.9. The van der Waals surface area contributed by atoms with E-state index in [1.165, 1.54) is 6.33 Å². The highest BCUT2D eigenvalue weighted by atomic mass is 35.5. The first-order valence-corrected chi connectivity index (χ1v) is 12.6. The molecule has 5 rings (SSSR count). The van der Waals surface area contributed by atoms with Gasteiger partial charge in [-0.15, -0.1) is 0 Å². The van der Waals surface area contributed by atoms with Crippen LogP contribution in [0.15, 0.2) is 54.9 Å². The second-order valence-electron chi connectivity index (χ2n) is 8.66. The fourth-order valence-corrected chi connectivity index (χ4v) is 4.76. The van der Waals surface area contributed by atoms with Gasteiger partial charge in [-0.3, -0.25) is 14.2 Å². The van der Waals surface area contributed by atoms with E-state index in [1.807, 2.05) is 34.9 Å². The van der Waals surface area contributed by atoms with E-state index in [0.717, 1.165) is 5.69 Å². The van der Waals surface area contributed by atoms with Crippen molar-refractivity contribution in [3.8, 4) is 17.1 Å². The normalized spacial score (nSPS) is 16.4. The number of nitrogens with zero attached hydrogens (tertiary/aromatic N) is 5. The van der Waals surface area contributed by atoms with Crippen molar-refractivity contribution in [2.45, 2.75) is 12.1 Å². The molecular weight excluding hydrogens is 531 g/mol. The first-order chi connectivity index (χ1) is 18.4. The van der Waals surface area contributed by atoms with Gasteiger partial charge < -0.3 is 26.4 Å². The molecule has 1 saturated heterocycles. The van der Waals surface area contributed by atoms with Crippen molar-refractivity contribution >= 4 is 52.0 Å². The molecule has 196 valence electrons. The average molecular weight is 555 g/mol. The van der Waals surface area contributed by atoms with Crippen molar-refractivity contribution in [2.24, 2.45) is 5.73 Å². The number of aliphatic hydroxyl groups excluding tert-OH is 1. The number of aromatic nitrogens is 4. The molecule has 4 aromatic rings. The molecule has 13 heteroatoms. The summed E-state index contributed by atoms with van der Waals surface area (Å²) < 4.78 is 1.87. The molecule has 2 unspecified atom stereocenters. The van der Waals surface area contributed by atoms with E-state index in [4.69, 9.17) is 33.9 Å². The smallest absolute Gasteiger partial charge is 0.244 e. The topological polar surface area (TPSA) is 151 Å². The van der Waals surface area contributed by atoms with Crippen molar-refractivity contribution in [3.05, 3.63) is 64.9 Å². The van der Waals surface area contributed by atoms with Crippen molar-refractivity contribution in [3.63, 3.8) is 0 Å². The third-order valence-electron chi connectivity index (χ3n) is 6.29. The van der Waals surface area contributed by atoms with Crippen LogP contribution in [0.2, 0.25) is 10.0 Å². The lowest BCUT2D eigenvalue weighted by Gasteiger charge is -2.36. The number of halogens is 2. The molecule has 1 aliphatic rings. The van der Waals surface area contributed by atoms with Crippen molar-refractivity contribution in [2.75, 3.05) is 31.1 Å². The van der Waals surface area contributed by atoms with E-state index in [9.17, 15) is 14.7 Å². The Morgan fingerprint density at radius 3 is 2.63 bits per heavy atom. The number of rotatable bonds is 7. The molecular formula is C25H24Cl2N8O3. The number of piperazine rings is 1. The summed E-state index contributed by atoms with van der Waals surface area (Å²) in [6, 6.07) is 12.6. The SMILES string of the molecule is NC(=O)C(CO)NC(=O)C1CNCCN1c1ncnc2c1nc(-c1ccccc1Cl)n2-c1ccc(Cl)cc1. The van der Waals surface area contributed by atoms with E-state index in [2.05, 4.69) is 20.6 Å². The summed E-state index contributed by atoms with van der Waals surface area (Å²) in [5, 5.41) is 16.3. The number of carbonyl (C=O) groups is 2. The van der Waals surface area contributed by atoms with Crippen LogP contribution in [0.4, 0.5) is 5.82 Å². The van der Waals surface area contributed by atoms with Gasteiger partial charge in [-0.1, -0.05) is 35.3 Å². The summed E-state index contributed by atoms with van der Waals surface area (Å²) in [4.78, 5) is 40.6. The van der Waals surface area contributed by atoms with E-state index in [-0.39, 0.29) is 6.54 Å². The lowest BCUT2D eigenvalue weighted by Crippen LogP contribution is -2.61. The third-order valence-corrected chi connectivity index (χ3v) is 6.87. The first-order valence-electron chi connectivity index (χ1n) is 11.8. The molecule has 2 atom stereocenters. The number of benzene rings is 2. The van der Waals surface area contributed by atoms with Gasteiger partial charge >= 0.3 is 0 Å². The minimum Gasteiger partial charge on any atom is -0.394 e. The zero-order valence-corrected chi connectivity index (χ0v) is 21.5. The molecule has 38 heavy (non-hydrogen) atoms. The Hall–Kier alpha value is -3.77. The molecule has 0 bridgehead atoms. The summed E-state index contributed by atoms with van der Waals surface area (Å²) in [5.74, 6) is -0.325. The quantitative estimate of drug-likeness (QED) is 0.268. The standard InChI is InChI=1S/C25H24Cl2N8O3/c26-14-5-7-15(8-6-14)35-22(16-3-1-2-4-17(16)27)33-20-23(30-13-31-24(20)35)34-10-9-29-11-19(34)25(38)32-18(12-36)21(28)37/h1-8,13,18-19,29,36H,9-12H2,(H2,28,37)(H,32,38). The number of aliphatic hydroxyl groups is 1. The van der Waals surface area contributed by atoms with Gasteiger partial charge in [-0.05, 0) is 36.4 Å². The van der Waals surface area contributed by atoms with Gasteiger partial charge in [-0.25, -0.2) is 15.0 Å². The maximum absolute atomic E-state index is 13.2. The van der Waals surface area contributed by atoms with E-state index < -0.39 is 30.5 Å². The molecule has 0 radical (unpaired) electrons. The van der Waals surface area contributed by atoms with E-state index >= 15 is 0 Å². The molecule has 11 nitrogen and oxygen atoms in total. The maximum atomic E-state index is 13.2. The molecule has 1 aliphatic heterocycles. The van der Waals surface area contributed by atoms with Gasteiger partial charge in [0.25, 0.3) is 0 Å². The van der Waals surface area contributed by atoms with E-state index in [1.54, 1.807) is 23.1 Å². The molecule has 1 fully saturated rings. The van der Waals surface area contributed by atoms with Gasteiger partial charge in [0, 0.05) is 35.9 Å². The monoisotopic (exact) mass is 554 g/mol. The largest absolute Gasteiger partial charge is 0.394 e. The molecule has 2 amide bonds. The molecule has 0 aliphatic carbocycles. The number of nitrogens with two attached hydrogens (primary N) is 1. The van der Waals surface area contributed by atoms with Crippen molar-refractivity contribution < 1.29 is 14.7 Å². The predicted octanol–water partition coefficient (Wildman–Crippen LogP) is 1.53. The molecule has 2 aromatic heterocycles. The number of hydrogen-bond donors (Lipinski definition) is 4. The molecule has 2 aromatic carbocycles. The predicted molar refractivity (Wildman–Crippen MR) is 144 cm³/mol. The zero-order valence-electron chi connectivity index (χ0n) is 20.0. The van der Waals surface area contributed by atoms with Crippen LogP contribution in [0, 0.1) is 0 Å². The van der Waals surface area contributed by atoms with Crippen LogP contribution >= 0.6 is 23.2 Å². The van der Waals surface area contributed by atoms with Gasteiger partial charge in [0.1, 0.15) is 24.2 Å². The van der Waals surface area contributed by atoms with Gasteiger partial charge in [0.15, 0.2) is 17.0 Å². The number of amides is 2. The van der Waals surface area contributed by atoms with Crippen LogP contribution in [0.5, 0.6) is 0 Å². The van der Waals surface area contributed by atoms with Crippen LogP contribution in [0.1, 0.15) is 0 Å². The fraction of sp³-hybridized carbons (Fsp3) is 0.240. The second kappa shape index (κ2) is 10.9. The summed E-state index contributed by atoms with van der Waals surface area (Å²) in [7, 11) is 0. The lowest BCUT2D eigenvalue weighted by atomic mass is 10.1. The lowest BCUT2D eigenvalue weighted by molar-refractivity contribution is -0.129. The Morgan fingerprint density at radius 2 is 1.92 bits per heavy atom. The van der Waals surface area contributed by atoms with Crippen molar-refractivity contribution in [1.29, 1.82) is 0 Å². The number of imidazole rings is 1. The Labute approximate surface area is 227 Å². The fourth-order valence-electron chi connectivity index (χ4n) is 4.42. The van der Waals surface area contributed by atoms with Crippen LogP contribution in [-0.2, 0) is 9.59 Å². The molecule has 0 saturated carbocycles. The van der Waals surface area contributed by atoms with Gasteiger partial charge in [-0.2, -0.15) is 0 Å². The summed E-state index contributed by atoms with van der Waals surface area (Å²) >= 11 is 12.7. The number of anilines is 1. The number of primary amides is 1. The van der Waals surface area contributed by atoms with Crippen LogP contribution in [0.25, 0.3) is 28.2 Å². The molecule has 0 spiro atoms.